The predicted octanol–water partition coefficient (Wildman–Crippen LogP) is 2.87. The number of nitrogens with zero attached hydrogens (tertiary/aromatic N) is 1. The molecule has 0 N–H and O–H groups in total. The van der Waals surface area contributed by atoms with Crippen LogP contribution in [0.1, 0.15) is 35.7 Å². The second kappa shape index (κ2) is 5.81. The van der Waals surface area contributed by atoms with E-state index < -0.39 is 57.2 Å². The Balaban J connectivity index is 3.51. The van der Waals surface area contributed by atoms with Crippen molar-refractivity contribution in [3.8, 4) is 0 Å². The lowest BCUT2D eigenvalue weighted by Gasteiger charge is -2.08. The van der Waals surface area contributed by atoms with E-state index in [-0.39, 0.29) is 6.42 Å². The zero-order valence-electron chi connectivity index (χ0n) is 10.6. The molecule has 8 heteroatoms. The highest BCUT2D eigenvalue weighted by Gasteiger charge is 2.32. The first-order valence-electron chi connectivity index (χ1n) is 5.58. The molecule has 0 aliphatic heterocycles. The third-order valence-corrected chi connectivity index (χ3v) is 2.76. The van der Waals surface area contributed by atoms with E-state index in [9.17, 15) is 32.9 Å². The van der Waals surface area contributed by atoms with Gasteiger partial charge in [-0.05, 0) is 6.92 Å². The van der Waals surface area contributed by atoms with E-state index in [1.165, 1.54) is 6.92 Å². The zero-order valence-corrected chi connectivity index (χ0v) is 10.6. The van der Waals surface area contributed by atoms with E-state index in [4.69, 9.17) is 0 Å². The molecule has 0 fully saturated rings. The number of benzene rings is 1. The van der Waals surface area contributed by atoms with E-state index in [0.717, 1.165) is 6.92 Å². The van der Waals surface area contributed by atoms with Crippen LogP contribution in [0.5, 0.6) is 0 Å². The molecule has 0 atom stereocenters. The third kappa shape index (κ3) is 2.68. The van der Waals surface area contributed by atoms with Crippen LogP contribution in [0.3, 0.4) is 0 Å². The van der Waals surface area contributed by atoms with Gasteiger partial charge in [-0.3, -0.25) is 19.7 Å². The fraction of sp³-hybridized carbons (Fsp3) is 0.333. The summed E-state index contributed by atoms with van der Waals surface area (Å²) in [4.78, 5) is 32.3. The van der Waals surface area contributed by atoms with Crippen LogP contribution >= 0.6 is 0 Å². The van der Waals surface area contributed by atoms with E-state index in [2.05, 4.69) is 0 Å². The van der Waals surface area contributed by atoms with E-state index >= 15 is 0 Å². The molecule has 5 nitrogen and oxygen atoms in total. The number of carbonyl (C=O) groups is 2. The van der Waals surface area contributed by atoms with Gasteiger partial charge in [-0.2, -0.15) is 4.39 Å². The molecule has 0 bridgehead atoms. The molecule has 1 rings (SSSR count). The molecule has 1 aromatic rings. The van der Waals surface area contributed by atoms with Gasteiger partial charge in [-0.15, -0.1) is 0 Å². The SMILES string of the molecule is CCC(=O)CC(=O)c1c(C)c([N+](=O)[O-])c(F)c(F)c1F. The number of hydrogen-bond donors (Lipinski definition) is 0. The van der Waals surface area contributed by atoms with Crippen molar-refractivity contribution in [3.63, 3.8) is 0 Å². The number of nitro benzene ring substituents is 1. The summed E-state index contributed by atoms with van der Waals surface area (Å²) in [7, 11) is 0. The van der Waals surface area contributed by atoms with Gasteiger partial charge in [0.15, 0.2) is 11.6 Å². The summed E-state index contributed by atoms with van der Waals surface area (Å²) in [5.41, 5.74) is -2.91. The van der Waals surface area contributed by atoms with Crippen LogP contribution in [-0.4, -0.2) is 16.5 Å². The third-order valence-electron chi connectivity index (χ3n) is 2.76. The van der Waals surface area contributed by atoms with Crippen molar-refractivity contribution >= 4 is 17.3 Å². The van der Waals surface area contributed by atoms with Crippen molar-refractivity contribution in [1.82, 2.24) is 0 Å². The Morgan fingerprint density at radius 3 is 2.15 bits per heavy atom. The summed E-state index contributed by atoms with van der Waals surface area (Å²) >= 11 is 0. The molecule has 0 saturated carbocycles. The lowest BCUT2D eigenvalue weighted by Crippen LogP contribution is -2.15. The smallest absolute Gasteiger partial charge is 0.299 e. The Labute approximate surface area is 111 Å². The maximum Gasteiger partial charge on any atom is 0.311 e. The summed E-state index contributed by atoms with van der Waals surface area (Å²) in [5.74, 6) is -7.55. The van der Waals surface area contributed by atoms with Crippen molar-refractivity contribution in [3.05, 3.63) is 38.7 Å². The van der Waals surface area contributed by atoms with Crippen LogP contribution in [0.25, 0.3) is 0 Å². The van der Waals surface area contributed by atoms with Crippen molar-refractivity contribution < 1.29 is 27.7 Å². The van der Waals surface area contributed by atoms with Gasteiger partial charge >= 0.3 is 5.69 Å². The topological polar surface area (TPSA) is 77.3 Å². The van der Waals surface area contributed by atoms with Crippen molar-refractivity contribution in [2.45, 2.75) is 26.7 Å². The second-order valence-corrected chi connectivity index (χ2v) is 4.04. The van der Waals surface area contributed by atoms with Gasteiger partial charge in [-0.1, -0.05) is 6.92 Å². The highest BCUT2D eigenvalue weighted by atomic mass is 19.2. The summed E-state index contributed by atoms with van der Waals surface area (Å²) in [6, 6.07) is 0. The molecule has 0 spiro atoms. The number of nitro groups is 1. The van der Waals surface area contributed by atoms with Crippen LogP contribution in [0.4, 0.5) is 18.9 Å². The van der Waals surface area contributed by atoms with Gasteiger partial charge in [0.1, 0.15) is 5.78 Å². The average molecular weight is 289 g/mol. The first kappa shape index (κ1) is 15.8. The largest absolute Gasteiger partial charge is 0.311 e. The quantitative estimate of drug-likeness (QED) is 0.274. The van der Waals surface area contributed by atoms with Crippen molar-refractivity contribution in [2.24, 2.45) is 0 Å². The van der Waals surface area contributed by atoms with Crippen LogP contribution in [0.2, 0.25) is 0 Å². The average Bonchev–Trinajstić information content (AvgIpc) is 2.35. The van der Waals surface area contributed by atoms with Gasteiger partial charge in [0, 0.05) is 12.0 Å². The molecule has 20 heavy (non-hydrogen) atoms. The highest BCUT2D eigenvalue weighted by Crippen LogP contribution is 2.31. The van der Waals surface area contributed by atoms with Gasteiger partial charge in [-0.25, -0.2) is 8.78 Å². The molecule has 0 heterocycles. The van der Waals surface area contributed by atoms with Crippen molar-refractivity contribution in [2.75, 3.05) is 0 Å². The number of ketones is 2. The zero-order chi connectivity index (χ0) is 15.6. The molecule has 0 aromatic heterocycles. The predicted molar refractivity (Wildman–Crippen MR) is 62.0 cm³/mol. The molecule has 1 aromatic carbocycles. The summed E-state index contributed by atoms with van der Waals surface area (Å²) in [6.45, 7) is 2.39. The minimum absolute atomic E-state index is 0.00181. The molecule has 108 valence electrons. The van der Waals surface area contributed by atoms with E-state index in [1.807, 2.05) is 0 Å². The fourth-order valence-electron chi connectivity index (χ4n) is 1.70. The monoisotopic (exact) mass is 289 g/mol. The maximum absolute atomic E-state index is 13.6. The number of halogens is 3. The number of carbonyl (C=O) groups excluding carboxylic acids is 2. The van der Waals surface area contributed by atoms with Crippen LogP contribution in [0.15, 0.2) is 0 Å². The number of hydrogen-bond acceptors (Lipinski definition) is 4. The normalized spacial score (nSPS) is 10.4. The standard InChI is InChI=1S/C12H10F3NO4/c1-3-6(17)4-7(18)8-5(2)12(16(19)20)11(15)10(14)9(8)13/h3-4H2,1-2H3. The maximum atomic E-state index is 13.6. The number of Topliss-reactive ketones (excluding diaryl/α,β-unsaturated/α-hetero) is 2. The van der Waals surface area contributed by atoms with Crippen LogP contribution in [-0.2, 0) is 4.79 Å². The van der Waals surface area contributed by atoms with Crippen LogP contribution in [0, 0.1) is 34.5 Å². The molecule has 0 unspecified atom stereocenters. The Hall–Kier alpha value is -2.25. The first-order chi connectivity index (χ1) is 9.22. The van der Waals surface area contributed by atoms with E-state index in [1.54, 1.807) is 0 Å². The summed E-state index contributed by atoms with van der Waals surface area (Å²) in [6.07, 6.45) is -0.728. The molecule has 0 amide bonds. The minimum atomic E-state index is -2.10. The summed E-state index contributed by atoms with van der Waals surface area (Å²) in [5, 5.41) is 10.7. The molecule has 0 saturated heterocycles. The molecular weight excluding hydrogens is 279 g/mol. The van der Waals surface area contributed by atoms with Crippen LogP contribution < -0.4 is 0 Å². The fourth-order valence-corrected chi connectivity index (χ4v) is 1.70. The molecule has 0 aliphatic carbocycles. The Bertz CT molecular complexity index is 613. The highest BCUT2D eigenvalue weighted by molar-refractivity contribution is 6.09. The Kier molecular flexibility index (Phi) is 4.59. The Morgan fingerprint density at radius 1 is 1.15 bits per heavy atom. The molecular formula is C12H10F3NO4. The second-order valence-electron chi connectivity index (χ2n) is 4.04. The number of rotatable bonds is 5. The summed E-state index contributed by atoms with van der Waals surface area (Å²) < 4.78 is 40.2. The first-order valence-corrected chi connectivity index (χ1v) is 5.58. The lowest BCUT2D eigenvalue weighted by atomic mass is 9.97. The van der Waals surface area contributed by atoms with Gasteiger partial charge in [0.25, 0.3) is 0 Å². The van der Waals surface area contributed by atoms with Gasteiger partial charge in [0.05, 0.1) is 16.9 Å². The van der Waals surface area contributed by atoms with E-state index in [0.29, 0.717) is 0 Å². The lowest BCUT2D eigenvalue weighted by molar-refractivity contribution is -0.388. The minimum Gasteiger partial charge on any atom is -0.299 e. The van der Waals surface area contributed by atoms with Crippen molar-refractivity contribution in [1.29, 1.82) is 0 Å². The molecule has 0 aliphatic rings. The Morgan fingerprint density at radius 2 is 1.70 bits per heavy atom. The van der Waals surface area contributed by atoms with Gasteiger partial charge < -0.3 is 0 Å². The van der Waals surface area contributed by atoms with Gasteiger partial charge in [0.2, 0.25) is 11.6 Å². The molecule has 0 radical (unpaired) electrons.